The number of nitrogens with zero attached hydrogens (tertiary/aromatic N) is 2. The van der Waals surface area contributed by atoms with E-state index in [1.807, 2.05) is 0 Å². The number of hydrogen-bond donors (Lipinski definition) is 3. The first-order valence-corrected chi connectivity index (χ1v) is 3.49. The fraction of sp³-hybridized carbons (Fsp3) is 0.429. The van der Waals surface area contributed by atoms with Gasteiger partial charge in [0.05, 0.1) is 6.34 Å². The number of nitrogens with two attached hydrogens (primary N) is 3. The molecule has 0 aromatic rings. The van der Waals surface area contributed by atoms with E-state index in [1.54, 1.807) is 13.8 Å². The third kappa shape index (κ3) is 5.43. The maximum absolute atomic E-state index is 5.62. The van der Waals surface area contributed by atoms with E-state index in [2.05, 4.69) is 9.98 Å². The highest BCUT2D eigenvalue weighted by molar-refractivity contribution is 5.72. The van der Waals surface area contributed by atoms with E-state index >= 15 is 0 Å². The number of hydrogen-bond acceptors (Lipinski definition) is 4. The zero-order valence-electron chi connectivity index (χ0n) is 7.36. The SMILES string of the molecule is C/C(N)=C\N=CC(C)(N)N=CN. The van der Waals surface area contributed by atoms with Gasteiger partial charge in [0, 0.05) is 18.1 Å². The van der Waals surface area contributed by atoms with Gasteiger partial charge in [-0.15, -0.1) is 0 Å². The fourth-order valence-electron chi connectivity index (χ4n) is 0.500. The van der Waals surface area contributed by atoms with Gasteiger partial charge in [-0.25, -0.2) is 4.99 Å². The summed E-state index contributed by atoms with van der Waals surface area (Å²) in [7, 11) is 0. The molecule has 0 bridgehead atoms. The van der Waals surface area contributed by atoms with Crippen LogP contribution in [-0.2, 0) is 0 Å². The van der Waals surface area contributed by atoms with Crippen LogP contribution >= 0.6 is 0 Å². The van der Waals surface area contributed by atoms with E-state index in [0.29, 0.717) is 5.70 Å². The van der Waals surface area contributed by atoms with Crippen LogP contribution in [0.4, 0.5) is 0 Å². The minimum atomic E-state index is -0.860. The molecule has 6 N–H and O–H groups in total. The summed E-state index contributed by atoms with van der Waals surface area (Å²) in [5.74, 6) is 0. The molecule has 0 radical (unpaired) electrons. The first-order chi connectivity index (χ1) is 5.48. The molecule has 0 aliphatic heterocycles. The molecule has 0 amide bonds. The molecule has 0 fully saturated rings. The fourth-order valence-corrected chi connectivity index (χ4v) is 0.500. The van der Waals surface area contributed by atoms with Crippen molar-refractivity contribution in [1.29, 1.82) is 0 Å². The Morgan fingerprint density at radius 2 is 2.08 bits per heavy atom. The van der Waals surface area contributed by atoms with Crippen LogP contribution in [0.15, 0.2) is 21.9 Å². The highest BCUT2D eigenvalue weighted by atomic mass is 15.0. The minimum absolute atomic E-state index is 0.610. The maximum atomic E-state index is 5.62. The van der Waals surface area contributed by atoms with Crippen molar-refractivity contribution in [2.75, 3.05) is 0 Å². The molecule has 0 aromatic carbocycles. The average Bonchev–Trinajstić information content (AvgIpc) is 1.85. The summed E-state index contributed by atoms with van der Waals surface area (Å²) in [6, 6.07) is 0. The predicted octanol–water partition coefficient (Wildman–Crippen LogP) is -0.461. The first kappa shape index (κ1) is 10.6. The van der Waals surface area contributed by atoms with Crippen molar-refractivity contribution in [3.8, 4) is 0 Å². The van der Waals surface area contributed by atoms with E-state index in [4.69, 9.17) is 17.2 Å². The van der Waals surface area contributed by atoms with Crippen LogP contribution < -0.4 is 17.2 Å². The Morgan fingerprint density at radius 1 is 1.50 bits per heavy atom. The molecule has 5 nitrogen and oxygen atoms in total. The lowest BCUT2D eigenvalue weighted by molar-refractivity contribution is 0.680. The third-order valence-electron chi connectivity index (χ3n) is 0.967. The summed E-state index contributed by atoms with van der Waals surface area (Å²) in [6.45, 7) is 3.41. The van der Waals surface area contributed by atoms with Gasteiger partial charge in [0.15, 0.2) is 0 Å². The Morgan fingerprint density at radius 3 is 2.50 bits per heavy atom. The van der Waals surface area contributed by atoms with Gasteiger partial charge >= 0.3 is 0 Å². The van der Waals surface area contributed by atoms with Crippen molar-refractivity contribution in [2.45, 2.75) is 19.5 Å². The van der Waals surface area contributed by atoms with Crippen LogP contribution in [0.1, 0.15) is 13.8 Å². The molecular formula is C7H15N5. The van der Waals surface area contributed by atoms with Crippen LogP contribution in [-0.4, -0.2) is 18.2 Å². The molecule has 0 aliphatic rings. The van der Waals surface area contributed by atoms with Crippen LogP contribution in [0.5, 0.6) is 0 Å². The van der Waals surface area contributed by atoms with Crippen LogP contribution in [0.3, 0.4) is 0 Å². The molecule has 0 spiro atoms. The van der Waals surface area contributed by atoms with E-state index < -0.39 is 5.66 Å². The van der Waals surface area contributed by atoms with Crippen molar-refractivity contribution in [1.82, 2.24) is 0 Å². The van der Waals surface area contributed by atoms with Gasteiger partial charge in [-0.05, 0) is 13.8 Å². The molecule has 0 rings (SSSR count). The summed E-state index contributed by atoms with van der Waals surface area (Å²) in [5, 5.41) is 0. The van der Waals surface area contributed by atoms with Gasteiger partial charge < -0.3 is 17.2 Å². The summed E-state index contributed by atoms with van der Waals surface area (Å²) in [5.41, 5.74) is 15.8. The predicted molar refractivity (Wildman–Crippen MR) is 51.7 cm³/mol. The second-order valence-corrected chi connectivity index (χ2v) is 2.66. The highest BCUT2D eigenvalue weighted by Crippen LogP contribution is 1.95. The van der Waals surface area contributed by atoms with Crippen molar-refractivity contribution < 1.29 is 0 Å². The quantitative estimate of drug-likeness (QED) is 0.393. The van der Waals surface area contributed by atoms with Gasteiger partial charge in [-0.1, -0.05) is 0 Å². The van der Waals surface area contributed by atoms with Crippen molar-refractivity contribution in [3.63, 3.8) is 0 Å². The second kappa shape index (κ2) is 4.50. The monoisotopic (exact) mass is 169 g/mol. The summed E-state index contributed by atoms with van der Waals surface area (Å²) in [6.07, 6.45) is 4.11. The lowest BCUT2D eigenvalue weighted by atomic mass is 10.3. The van der Waals surface area contributed by atoms with Crippen LogP contribution in [0, 0.1) is 0 Å². The Labute approximate surface area is 72.0 Å². The van der Waals surface area contributed by atoms with E-state index in [9.17, 15) is 0 Å². The van der Waals surface area contributed by atoms with E-state index in [1.165, 1.54) is 12.4 Å². The summed E-state index contributed by atoms with van der Waals surface area (Å²) >= 11 is 0. The van der Waals surface area contributed by atoms with E-state index in [-0.39, 0.29) is 0 Å². The molecule has 1 atom stereocenters. The zero-order chi connectivity index (χ0) is 9.61. The zero-order valence-corrected chi connectivity index (χ0v) is 7.36. The van der Waals surface area contributed by atoms with Crippen LogP contribution in [0.25, 0.3) is 0 Å². The normalized spacial score (nSPS) is 18.8. The van der Waals surface area contributed by atoms with Crippen molar-refractivity contribution in [2.24, 2.45) is 27.2 Å². The Hall–Kier alpha value is -1.36. The van der Waals surface area contributed by atoms with Crippen molar-refractivity contribution >= 4 is 12.6 Å². The number of aliphatic imine (C=N–C) groups is 2. The molecule has 5 heteroatoms. The molecular weight excluding hydrogens is 154 g/mol. The minimum Gasteiger partial charge on any atom is -0.401 e. The topological polar surface area (TPSA) is 103 Å². The maximum Gasteiger partial charge on any atom is 0.142 e. The van der Waals surface area contributed by atoms with Gasteiger partial charge in [0.1, 0.15) is 5.66 Å². The van der Waals surface area contributed by atoms with Gasteiger partial charge in [-0.3, -0.25) is 4.99 Å². The second-order valence-electron chi connectivity index (χ2n) is 2.66. The van der Waals surface area contributed by atoms with Gasteiger partial charge in [0.2, 0.25) is 0 Å². The Kier molecular flexibility index (Phi) is 3.99. The Bertz CT molecular complexity index is 210. The largest absolute Gasteiger partial charge is 0.401 e. The van der Waals surface area contributed by atoms with Gasteiger partial charge in [0.25, 0.3) is 0 Å². The average molecular weight is 169 g/mol. The first-order valence-electron chi connectivity index (χ1n) is 3.49. The lowest BCUT2D eigenvalue weighted by Gasteiger charge is -2.11. The summed E-state index contributed by atoms with van der Waals surface area (Å²) in [4.78, 5) is 7.62. The molecule has 68 valence electrons. The lowest BCUT2D eigenvalue weighted by Crippen LogP contribution is -2.36. The Balaban J connectivity index is 4.23. The molecule has 0 aliphatic carbocycles. The molecule has 1 unspecified atom stereocenters. The van der Waals surface area contributed by atoms with Gasteiger partial charge in [-0.2, -0.15) is 0 Å². The smallest absolute Gasteiger partial charge is 0.142 e. The number of allylic oxidation sites excluding steroid dienone is 1. The van der Waals surface area contributed by atoms with Crippen molar-refractivity contribution in [3.05, 3.63) is 11.9 Å². The highest BCUT2D eigenvalue weighted by Gasteiger charge is 2.10. The molecule has 0 heterocycles. The molecule has 0 saturated heterocycles. The van der Waals surface area contributed by atoms with E-state index in [0.717, 1.165) is 6.34 Å². The summed E-state index contributed by atoms with van der Waals surface area (Å²) < 4.78 is 0. The third-order valence-corrected chi connectivity index (χ3v) is 0.967. The molecule has 12 heavy (non-hydrogen) atoms. The molecule has 0 saturated carbocycles. The standard InChI is InChI=1S/C7H15N5/c1-6(9)3-11-4-7(2,10)12-5-8/h3-5H,9-10H2,1-2H3,(H2,8,12)/b6-3+,11-4?. The molecule has 0 aromatic heterocycles. The van der Waals surface area contributed by atoms with Crippen LogP contribution in [0.2, 0.25) is 0 Å². The number of rotatable bonds is 3.